The molecule has 2 rings (SSSR count). The van der Waals surface area contributed by atoms with Gasteiger partial charge in [0.1, 0.15) is 11.8 Å². The SMILES string of the molecule is COc1ccc(C(=O)NCC(N2CCNCC2)C(F)(F)F)cc1. The second kappa shape index (κ2) is 7.65. The number of benzene rings is 1. The Kier molecular flexibility index (Phi) is 5.84. The summed E-state index contributed by atoms with van der Waals surface area (Å²) in [5.41, 5.74) is 0.298. The van der Waals surface area contributed by atoms with Gasteiger partial charge in [-0.25, -0.2) is 0 Å². The molecular weight excluding hydrogens is 311 g/mol. The van der Waals surface area contributed by atoms with Gasteiger partial charge in [-0.15, -0.1) is 0 Å². The molecule has 8 heteroatoms. The van der Waals surface area contributed by atoms with Crippen LogP contribution in [0.25, 0.3) is 0 Å². The van der Waals surface area contributed by atoms with E-state index in [-0.39, 0.29) is 0 Å². The van der Waals surface area contributed by atoms with Gasteiger partial charge in [-0.2, -0.15) is 13.2 Å². The quantitative estimate of drug-likeness (QED) is 0.853. The van der Waals surface area contributed by atoms with Crippen LogP contribution >= 0.6 is 0 Å². The van der Waals surface area contributed by atoms with Crippen molar-refractivity contribution in [1.29, 1.82) is 0 Å². The molecule has 1 amide bonds. The molecule has 0 radical (unpaired) electrons. The highest BCUT2D eigenvalue weighted by molar-refractivity contribution is 5.94. The standard InChI is InChI=1S/C15H20F3N3O2/c1-23-12-4-2-11(3-5-12)14(22)20-10-13(15(16,17)18)21-8-6-19-7-9-21/h2-5,13,19H,6-10H2,1H3,(H,20,22). The Morgan fingerprint density at radius 3 is 2.43 bits per heavy atom. The summed E-state index contributed by atoms with van der Waals surface area (Å²) in [6.45, 7) is 1.18. The highest BCUT2D eigenvalue weighted by Gasteiger charge is 2.43. The highest BCUT2D eigenvalue weighted by atomic mass is 19.4. The van der Waals surface area contributed by atoms with Crippen molar-refractivity contribution in [3.8, 4) is 5.75 Å². The monoisotopic (exact) mass is 331 g/mol. The van der Waals surface area contributed by atoms with E-state index < -0.39 is 24.7 Å². The highest BCUT2D eigenvalue weighted by Crippen LogP contribution is 2.25. The molecule has 1 heterocycles. The fourth-order valence-corrected chi connectivity index (χ4v) is 2.48. The van der Waals surface area contributed by atoms with Crippen LogP contribution < -0.4 is 15.4 Å². The smallest absolute Gasteiger partial charge is 0.405 e. The lowest BCUT2D eigenvalue weighted by atomic mass is 10.1. The molecule has 2 N–H and O–H groups in total. The molecule has 1 aliphatic heterocycles. The first-order valence-electron chi connectivity index (χ1n) is 7.35. The summed E-state index contributed by atoms with van der Waals surface area (Å²) in [5, 5.41) is 5.39. The minimum Gasteiger partial charge on any atom is -0.497 e. The van der Waals surface area contributed by atoms with Crippen molar-refractivity contribution in [2.75, 3.05) is 39.8 Å². The Balaban J connectivity index is 1.97. The molecule has 128 valence electrons. The third-order valence-electron chi connectivity index (χ3n) is 3.78. The second-order valence-corrected chi connectivity index (χ2v) is 5.28. The topological polar surface area (TPSA) is 53.6 Å². The van der Waals surface area contributed by atoms with Gasteiger partial charge < -0.3 is 15.4 Å². The Morgan fingerprint density at radius 1 is 1.30 bits per heavy atom. The van der Waals surface area contributed by atoms with Gasteiger partial charge in [-0.3, -0.25) is 9.69 Å². The van der Waals surface area contributed by atoms with Crippen molar-refractivity contribution in [2.45, 2.75) is 12.2 Å². The average molecular weight is 331 g/mol. The Morgan fingerprint density at radius 2 is 1.91 bits per heavy atom. The van der Waals surface area contributed by atoms with Crippen LogP contribution in [-0.2, 0) is 0 Å². The van der Waals surface area contributed by atoms with Crippen LogP contribution in [0.15, 0.2) is 24.3 Å². The van der Waals surface area contributed by atoms with Gasteiger partial charge in [0.25, 0.3) is 5.91 Å². The molecule has 1 atom stereocenters. The molecule has 23 heavy (non-hydrogen) atoms. The summed E-state index contributed by atoms with van der Waals surface area (Å²) in [7, 11) is 1.50. The number of piperazine rings is 1. The lowest BCUT2D eigenvalue weighted by molar-refractivity contribution is -0.183. The van der Waals surface area contributed by atoms with Crippen LogP contribution in [-0.4, -0.2) is 62.9 Å². The zero-order chi connectivity index (χ0) is 16.9. The van der Waals surface area contributed by atoms with E-state index in [2.05, 4.69) is 10.6 Å². The lowest BCUT2D eigenvalue weighted by Crippen LogP contribution is -2.57. The maximum absolute atomic E-state index is 13.2. The number of alkyl halides is 3. The van der Waals surface area contributed by atoms with Crippen molar-refractivity contribution < 1.29 is 22.7 Å². The maximum atomic E-state index is 13.2. The first-order chi connectivity index (χ1) is 10.9. The predicted octanol–water partition coefficient (Wildman–Crippen LogP) is 1.26. The third kappa shape index (κ3) is 4.84. The Hall–Kier alpha value is -1.80. The van der Waals surface area contributed by atoms with Crippen LogP contribution in [0.2, 0.25) is 0 Å². The number of carbonyl (C=O) groups excluding carboxylic acids is 1. The minimum atomic E-state index is -4.38. The molecule has 1 saturated heterocycles. The molecule has 0 saturated carbocycles. The minimum absolute atomic E-state index is 0.298. The normalized spacial score (nSPS) is 17.6. The van der Waals surface area contributed by atoms with E-state index in [4.69, 9.17) is 4.74 Å². The summed E-state index contributed by atoms with van der Waals surface area (Å²) >= 11 is 0. The van der Waals surface area contributed by atoms with E-state index >= 15 is 0 Å². The molecular formula is C15H20F3N3O2. The number of carbonyl (C=O) groups is 1. The maximum Gasteiger partial charge on any atom is 0.405 e. The van der Waals surface area contributed by atoms with Gasteiger partial charge in [0.15, 0.2) is 0 Å². The Labute approximate surface area is 132 Å². The molecule has 1 aromatic rings. The number of ether oxygens (including phenoxy) is 1. The number of methoxy groups -OCH3 is 1. The molecule has 5 nitrogen and oxygen atoms in total. The van der Waals surface area contributed by atoms with Gasteiger partial charge in [-0.05, 0) is 24.3 Å². The summed E-state index contributed by atoms with van der Waals surface area (Å²) in [6.07, 6.45) is -4.38. The van der Waals surface area contributed by atoms with Gasteiger partial charge in [0.2, 0.25) is 0 Å². The van der Waals surface area contributed by atoms with Crippen molar-refractivity contribution in [3.63, 3.8) is 0 Å². The number of hydrogen-bond acceptors (Lipinski definition) is 4. The summed E-state index contributed by atoms with van der Waals surface area (Å²) in [4.78, 5) is 13.4. The average Bonchev–Trinajstić information content (AvgIpc) is 2.54. The summed E-state index contributed by atoms with van der Waals surface area (Å²) < 4.78 is 44.7. The van der Waals surface area contributed by atoms with Gasteiger partial charge >= 0.3 is 6.18 Å². The molecule has 0 aliphatic carbocycles. The van der Waals surface area contributed by atoms with E-state index in [1.54, 1.807) is 12.1 Å². The predicted molar refractivity (Wildman–Crippen MR) is 79.6 cm³/mol. The van der Waals surface area contributed by atoms with Crippen molar-refractivity contribution in [1.82, 2.24) is 15.5 Å². The summed E-state index contributed by atoms with van der Waals surface area (Å²) in [6, 6.07) is 4.54. The molecule has 1 aliphatic rings. The van der Waals surface area contributed by atoms with E-state index in [9.17, 15) is 18.0 Å². The molecule has 0 spiro atoms. The van der Waals surface area contributed by atoms with Crippen molar-refractivity contribution >= 4 is 5.91 Å². The fourth-order valence-electron chi connectivity index (χ4n) is 2.48. The first-order valence-corrected chi connectivity index (χ1v) is 7.35. The van der Waals surface area contributed by atoms with E-state index in [0.29, 0.717) is 37.5 Å². The fraction of sp³-hybridized carbons (Fsp3) is 0.533. The lowest BCUT2D eigenvalue weighted by Gasteiger charge is -2.35. The van der Waals surface area contributed by atoms with Crippen molar-refractivity contribution in [2.24, 2.45) is 0 Å². The first kappa shape index (κ1) is 17.6. The van der Waals surface area contributed by atoms with Gasteiger partial charge in [0, 0.05) is 38.3 Å². The van der Waals surface area contributed by atoms with E-state index in [0.717, 1.165) is 0 Å². The van der Waals surface area contributed by atoms with Crippen molar-refractivity contribution in [3.05, 3.63) is 29.8 Å². The zero-order valence-corrected chi connectivity index (χ0v) is 12.8. The zero-order valence-electron chi connectivity index (χ0n) is 12.8. The molecule has 0 bridgehead atoms. The van der Waals surface area contributed by atoms with Crippen LogP contribution in [0.3, 0.4) is 0 Å². The molecule has 1 fully saturated rings. The molecule has 1 unspecified atom stereocenters. The van der Waals surface area contributed by atoms with Crippen LogP contribution in [0.4, 0.5) is 13.2 Å². The number of hydrogen-bond donors (Lipinski definition) is 2. The van der Waals surface area contributed by atoms with Crippen LogP contribution in [0, 0.1) is 0 Å². The second-order valence-electron chi connectivity index (χ2n) is 5.28. The van der Waals surface area contributed by atoms with Crippen LogP contribution in [0.1, 0.15) is 10.4 Å². The summed E-state index contributed by atoms with van der Waals surface area (Å²) in [5.74, 6) is 0.0487. The van der Waals surface area contributed by atoms with E-state index in [1.165, 1.54) is 24.1 Å². The number of amides is 1. The van der Waals surface area contributed by atoms with E-state index in [1.807, 2.05) is 0 Å². The van der Waals surface area contributed by atoms with Crippen LogP contribution in [0.5, 0.6) is 5.75 Å². The number of halogens is 3. The largest absolute Gasteiger partial charge is 0.497 e. The number of rotatable bonds is 5. The number of nitrogens with zero attached hydrogens (tertiary/aromatic N) is 1. The van der Waals surface area contributed by atoms with Gasteiger partial charge in [0.05, 0.1) is 7.11 Å². The van der Waals surface area contributed by atoms with Gasteiger partial charge in [-0.1, -0.05) is 0 Å². The molecule has 1 aromatic carbocycles. The Bertz CT molecular complexity index is 514. The third-order valence-corrected chi connectivity index (χ3v) is 3.78. The number of nitrogens with one attached hydrogen (secondary N) is 2. The molecule has 0 aromatic heterocycles.